The van der Waals surface area contributed by atoms with Gasteiger partial charge in [-0.1, -0.05) is 42.5 Å². The smallest absolute Gasteiger partial charge is 0.230 e. The summed E-state index contributed by atoms with van der Waals surface area (Å²) in [4.78, 5) is 15.0. The van der Waals surface area contributed by atoms with Gasteiger partial charge in [0.2, 0.25) is 5.91 Å². The van der Waals surface area contributed by atoms with E-state index in [-0.39, 0.29) is 5.91 Å². The van der Waals surface area contributed by atoms with Gasteiger partial charge in [0, 0.05) is 17.0 Å². The fraction of sp³-hybridized carbons (Fsp3) is 0.381. The van der Waals surface area contributed by atoms with E-state index in [2.05, 4.69) is 29.6 Å². The van der Waals surface area contributed by atoms with E-state index in [4.69, 9.17) is 0 Å². The third-order valence-corrected chi connectivity index (χ3v) is 5.72. The van der Waals surface area contributed by atoms with Crippen LogP contribution in [-0.4, -0.2) is 24.7 Å². The van der Waals surface area contributed by atoms with Gasteiger partial charge >= 0.3 is 0 Å². The zero-order valence-electron chi connectivity index (χ0n) is 14.7. The van der Waals surface area contributed by atoms with Crippen LogP contribution in [-0.2, 0) is 17.9 Å². The molecule has 1 saturated heterocycles. The van der Waals surface area contributed by atoms with Gasteiger partial charge in [-0.15, -0.1) is 11.8 Å². The SMILES string of the molecule is O=C(CSc1ccccc1)NCc1ccccc1C[NH+]1CCCCC1. The minimum atomic E-state index is 0.0916. The molecule has 0 atom stereocenters. The standard InChI is InChI=1S/C21H26N2OS/c24-21(17-25-20-11-3-1-4-12-20)22-15-18-9-5-6-10-19(18)16-23-13-7-2-8-14-23/h1,3-6,9-12H,2,7-8,13-17H2,(H,22,24)/p+1. The Hall–Kier alpha value is -1.78. The summed E-state index contributed by atoms with van der Waals surface area (Å²) < 4.78 is 0. The van der Waals surface area contributed by atoms with Crippen LogP contribution in [0.4, 0.5) is 0 Å². The quantitative estimate of drug-likeness (QED) is 0.749. The van der Waals surface area contributed by atoms with E-state index in [9.17, 15) is 4.79 Å². The van der Waals surface area contributed by atoms with E-state index in [0.29, 0.717) is 12.3 Å². The number of carbonyl (C=O) groups excluding carboxylic acids is 1. The fourth-order valence-corrected chi connectivity index (χ4v) is 4.06. The monoisotopic (exact) mass is 355 g/mol. The van der Waals surface area contributed by atoms with Crippen LogP contribution in [0.1, 0.15) is 30.4 Å². The Kier molecular flexibility index (Phi) is 6.95. The molecule has 1 aliphatic heterocycles. The van der Waals surface area contributed by atoms with Crippen LogP contribution in [0.5, 0.6) is 0 Å². The van der Waals surface area contributed by atoms with Crippen LogP contribution in [0.3, 0.4) is 0 Å². The van der Waals surface area contributed by atoms with Crippen molar-refractivity contribution < 1.29 is 9.69 Å². The van der Waals surface area contributed by atoms with Crippen molar-refractivity contribution in [3.05, 3.63) is 65.7 Å². The average molecular weight is 356 g/mol. The molecule has 0 bridgehead atoms. The first-order chi connectivity index (χ1) is 12.3. The van der Waals surface area contributed by atoms with Gasteiger partial charge in [-0.3, -0.25) is 4.79 Å². The summed E-state index contributed by atoms with van der Waals surface area (Å²) in [7, 11) is 0. The first kappa shape index (κ1) is 18.0. The lowest BCUT2D eigenvalue weighted by Crippen LogP contribution is -3.11. The maximum absolute atomic E-state index is 12.2. The summed E-state index contributed by atoms with van der Waals surface area (Å²) in [5.74, 6) is 0.554. The number of piperidine rings is 1. The van der Waals surface area contributed by atoms with Crippen molar-refractivity contribution in [3.63, 3.8) is 0 Å². The number of rotatable bonds is 7. The highest BCUT2D eigenvalue weighted by molar-refractivity contribution is 8.00. The zero-order valence-corrected chi connectivity index (χ0v) is 15.5. The largest absolute Gasteiger partial charge is 0.351 e. The van der Waals surface area contributed by atoms with E-state index in [1.807, 2.05) is 30.3 Å². The van der Waals surface area contributed by atoms with Gasteiger partial charge in [-0.05, 0) is 37.0 Å². The second kappa shape index (κ2) is 9.64. The lowest BCUT2D eigenvalue weighted by molar-refractivity contribution is -0.918. The van der Waals surface area contributed by atoms with Crippen LogP contribution < -0.4 is 10.2 Å². The normalized spacial score (nSPS) is 15.0. The van der Waals surface area contributed by atoms with E-state index in [1.54, 1.807) is 16.7 Å². The van der Waals surface area contributed by atoms with E-state index >= 15 is 0 Å². The van der Waals surface area contributed by atoms with Gasteiger partial charge in [-0.2, -0.15) is 0 Å². The van der Waals surface area contributed by atoms with Crippen molar-refractivity contribution in [2.45, 2.75) is 37.2 Å². The molecule has 25 heavy (non-hydrogen) atoms. The molecule has 0 radical (unpaired) electrons. The van der Waals surface area contributed by atoms with Gasteiger partial charge in [-0.25, -0.2) is 0 Å². The highest BCUT2D eigenvalue weighted by Crippen LogP contribution is 2.16. The van der Waals surface area contributed by atoms with E-state index in [0.717, 1.165) is 11.4 Å². The maximum atomic E-state index is 12.2. The molecule has 0 unspecified atom stereocenters. The molecule has 1 heterocycles. The van der Waals surface area contributed by atoms with Crippen molar-refractivity contribution in [1.82, 2.24) is 5.32 Å². The lowest BCUT2D eigenvalue weighted by Gasteiger charge is -2.24. The first-order valence-corrected chi connectivity index (χ1v) is 10.1. The van der Waals surface area contributed by atoms with Crippen molar-refractivity contribution in [1.29, 1.82) is 0 Å². The Morgan fingerprint density at radius 3 is 2.36 bits per heavy atom. The van der Waals surface area contributed by atoms with E-state index < -0.39 is 0 Å². The number of hydrogen-bond donors (Lipinski definition) is 2. The molecule has 1 fully saturated rings. The number of amides is 1. The Morgan fingerprint density at radius 2 is 1.60 bits per heavy atom. The fourth-order valence-electron chi connectivity index (χ4n) is 3.31. The van der Waals surface area contributed by atoms with Crippen molar-refractivity contribution >= 4 is 17.7 Å². The molecule has 3 rings (SSSR count). The molecule has 2 N–H and O–H groups in total. The molecular weight excluding hydrogens is 328 g/mol. The van der Waals surface area contributed by atoms with Gasteiger partial charge in [0.05, 0.1) is 18.8 Å². The summed E-state index contributed by atoms with van der Waals surface area (Å²) in [6.45, 7) is 4.24. The Balaban J connectivity index is 1.49. The number of nitrogens with one attached hydrogen (secondary N) is 2. The molecule has 3 nitrogen and oxygen atoms in total. The van der Waals surface area contributed by atoms with Crippen LogP contribution in [0.2, 0.25) is 0 Å². The molecular formula is C21H27N2OS+. The van der Waals surface area contributed by atoms with Crippen molar-refractivity contribution in [3.8, 4) is 0 Å². The highest BCUT2D eigenvalue weighted by Gasteiger charge is 2.15. The Bertz CT molecular complexity index is 669. The summed E-state index contributed by atoms with van der Waals surface area (Å²) in [5.41, 5.74) is 2.62. The molecule has 0 spiro atoms. The number of hydrogen-bond acceptors (Lipinski definition) is 2. The molecule has 132 valence electrons. The summed E-state index contributed by atoms with van der Waals surface area (Å²) in [6, 6.07) is 18.6. The molecule has 2 aromatic carbocycles. The minimum absolute atomic E-state index is 0.0916. The number of quaternary nitrogens is 1. The number of thioether (sulfide) groups is 1. The predicted octanol–water partition coefficient (Wildman–Crippen LogP) is 2.66. The lowest BCUT2D eigenvalue weighted by atomic mass is 10.0. The summed E-state index contributed by atoms with van der Waals surface area (Å²) in [5, 5.41) is 3.08. The summed E-state index contributed by atoms with van der Waals surface area (Å²) in [6.07, 6.45) is 4.05. The average Bonchev–Trinajstić information content (AvgIpc) is 2.67. The second-order valence-electron chi connectivity index (χ2n) is 6.63. The van der Waals surface area contributed by atoms with Gasteiger partial charge in [0.25, 0.3) is 0 Å². The molecule has 0 aromatic heterocycles. The molecule has 0 saturated carbocycles. The van der Waals surface area contributed by atoms with Crippen molar-refractivity contribution in [2.75, 3.05) is 18.8 Å². The third kappa shape index (κ3) is 5.91. The molecule has 0 aliphatic carbocycles. The van der Waals surface area contributed by atoms with Crippen LogP contribution >= 0.6 is 11.8 Å². The highest BCUT2D eigenvalue weighted by atomic mass is 32.2. The number of benzene rings is 2. The Morgan fingerprint density at radius 1 is 0.920 bits per heavy atom. The third-order valence-electron chi connectivity index (χ3n) is 4.71. The van der Waals surface area contributed by atoms with Gasteiger partial charge < -0.3 is 10.2 Å². The van der Waals surface area contributed by atoms with Crippen LogP contribution in [0.15, 0.2) is 59.5 Å². The van der Waals surface area contributed by atoms with Gasteiger partial charge in [0.15, 0.2) is 0 Å². The van der Waals surface area contributed by atoms with E-state index in [1.165, 1.54) is 43.5 Å². The van der Waals surface area contributed by atoms with Gasteiger partial charge in [0.1, 0.15) is 6.54 Å². The molecule has 1 aliphatic rings. The van der Waals surface area contributed by atoms with Crippen molar-refractivity contribution in [2.24, 2.45) is 0 Å². The summed E-state index contributed by atoms with van der Waals surface area (Å²) >= 11 is 1.58. The number of carbonyl (C=O) groups is 1. The maximum Gasteiger partial charge on any atom is 0.230 e. The molecule has 4 heteroatoms. The topological polar surface area (TPSA) is 33.5 Å². The predicted molar refractivity (Wildman–Crippen MR) is 104 cm³/mol. The van der Waals surface area contributed by atoms with Crippen LogP contribution in [0.25, 0.3) is 0 Å². The second-order valence-corrected chi connectivity index (χ2v) is 7.68. The molecule has 2 aromatic rings. The zero-order chi connectivity index (χ0) is 17.3. The Labute approximate surface area is 154 Å². The number of likely N-dealkylation sites (tertiary alicyclic amines) is 1. The van der Waals surface area contributed by atoms with Crippen LogP contribution in [0, 0.1) is 0 Å². The first-order valence-electron chi connectivity index (χ1n) is 9.16. The minimum Gasteiger partial charge on any atom is -0.351 e. The molecule has 1 amide bonds.